The molecular formula is C23H25NO5. The van der Waals surface area contributed by atoms with E-state index in [4.69, 9.17) is 18.6 Å². The topological polar surface area (TPSA) is 69.9 Å². The first-order valence-electron chi connectivity index (χ1n) is 10.6. The molecule has 0 saturated heterocycles. The highest BCUT2D eigenvalue weighted by Crippen LogP contribution is 2.53. The van der Waals surface area contributed by atoms with Crippen molar-refractivity contribution in [3.63, 3.8) is 0 Å². The highest BCUT2D eigenvalue weighted by atomic mass is 16.7. The van der Waals surface area contributed by atoms with Crippen LogP contribution < -0.4 is 19.5 Å². The molecule has 0 spiro atoms. The summed E-state index contributed by atoms with van der Waals surface area (Å²) in [6.45, 7) is 0.491. The summed E-state index contributed by atoms with van der Waals surface area (Å²) in [6.07, 6.45) is 6.55. The van der Waals surface area contributed by atoms with E-state index in [2.05, 4.69) is 5.32 Å². The Labute approximate surface area is 169 Å². The van der Waals surface area contributed by atoms with Gasteiger partial charge in [-0.25, -0.2) is 0 Å². The van der Waals surface area contributed by atoms with Crippen molar-refractivity contribution >= 4 is 5.91 Å². The van der Waals surface area contributed by atoms with E-state index in [0.29, 0.717) is 40.9 Å². The van der Waals surface area contributed by atoms with Crippen LogP contribution in [-0.4, -0.2) is 18.7 Å². The van der Waals surface area contributed by atoms with Gasteiger partial charge >= 0.3 is 0 Å². The lowest BCUT2D eigenvalue weighted by atomic mass is 9.54. The number of rotatable bonds is 5. The second kappa shape index (κ2) is 6.71. The molecule has 1 aromatic heterocycles. The minimum atomic E-state index is -0.100. The monoisotopic (exact) mass is 395 g/mol. The van der Waals surface area contributed by atoms with Gasteiger partial charge in [0.25, 0.3) is 5.91 Å². The summed E-state index contributed by atoms with van der Waals surface area (Å²) >= 11 is 0. The third kappa shape index (κ3) is 3.15. The van der Waals surface area contributed by atoms with E-state index in [9.17, 15) is 4.79 Å². The van der Waals surface area contributed by atoms with Gasteiger partial charge in [0.1, 0.15) is 18.1 Å². The summed E-state index contributed by atoms with van der Waals surface area (Å²) in [7, 11) is 0. The summed E-state index contributed by atoms with van der Waals surface area (Å²) < 4.78 is 22.2. The maximum atomic E-state index is 12.8. The van der Waals surface area contributed by atoms with Gasteiger partial charge in [-0.3, -0.25) is 4.79 Å². The van der Waals surface area contributed by atoms with Crippen LogP contribution in [0.2, 0.25) is 0 Å². The molecular weight excluding hydrogens is 370 g/mol. The van der Waals surface area contributed by atoms with Crippen molar-refractivity contribution in [1.82, 2.24) is 5.32 Å². The number of amides is 1. The normalized spacial score (nSPS) is 31.1. The average molecular weight is 395 g/mol. The summed E-state index contributed by atoms with van der Waals surface area (Å²) in [5.41, 5.74) is 0. The Morgan fingerprint density at radius 1 is 0.966 bits per heavy atom. The number of hydrogen-bond acceptors (Lipinski definition) is 5. The largest absolute Gasteiger partial charge is 0.486 e. The van der Waals surface area contributed by atoms with Crippen LogP contribution in [0.4, 0.5) is 0 Å². The van der Waals surface area contributed by atoms with Gasteiger partial charge in [-0.2, -0.15) is 0 Å². The van der Waals surface area contributed by atoms with Gasteiger partial charge in [-0.15, -0.1) is 0 Å². The van der Waals surface area contributed by atoms with Crippen LogP contribution in [0, 0.1) is 23.7 Å². The second-order valence-electron chi connectivity index (χ2n) is 9.00. The number of benzene rings is 1. The van der Waals surface area contributed by atoms with E-state index in [-0.39, 0.29) is 19.3 Å². The molecule has 6 nitrogen and oxygen atoms in total. The highest BCUT2D eigenvalue weighted by molar-refractivity contribution is 5.91. The number of fused-ring (bicyclic) bond motifs is 1. The molecule has 29 heavy (non-hydrogen) atoms. The summed E-state index contributed by atoms with van der Waals surface area (Å²) in [5, 5.41) is 3.29. The number of carbonyl (C=O) groups is 1. The van der Waals surface area contributed by atoms with Gasteiger partial charge in [0, 0.05) is 12.1 Å². The fourth-order valence-corrected chi connectivity index (χ4v) is 6.08. The maximum Gasteiger partial charge on any atom is 0.287 e. The van der Waals surface area contributed by atoms with Crippen LogP contribution in [0.25, 0.3) is 0 Å². The van der Waals surface area contributed by atoms with Gasteiger partial charge in [0.2, 0.25) is 6.79 Å². The molecule has 0 unspecified atom stereocenters. The molecule has 0 radical (unpaired) electrons. The Bertz CT molecular complexity index is 907. The summed E-state index contributed by atoms with van der Waals surface area (Å²) in [6, 6.07) is 9.31. The Balaban J connectivity index is 1.08. The number of furan rings is 1. The molecule has 4 bridgehead atoms. The number of ether oxygens (including phenoxy) is 3. The number of carbonyl (C=O) groups excluding carboxylic acids is 1. The van der Waals surface area contributed by atoms with Crippen LogP contribution in [0.5, 0.6) is 17.2 Å². The van der Waals surface area contributed by atoms with Crippen molar-refractivity contribution in [2.24, 2.45) is 23.7 Å². The summed E-state index contributed by atoms with van der Waals surface area (Å²) in [5.74, 6) is 6.06. The fraction of sp³-hybridized carbons (Fsp3) is 0.522. The molecule has 0 atom stereocenters. The highest BCUT2D eigenvalue weighted by Gasteiger charge is 2.48. The molecule has 7 rings (SSSR count). The predicted octanol–water partition coefficient (Wildman–Crippen LogP) is 4.14. The lowest BCUT2D eigenvalue weighted by Crippen LogP contribution is -2.55. The van der Waals surface area contributed by atoms with E-state index in [1.165, 1.54) is 32.1 Å². The Morgan fingerprint density at radius 3 is 2.52 bits per heavy atom. The van der Waals surface area contributed by atoms with Gasteiger partial charge < -0.3 is 23.9 Å². The molecule has 2 heterocycles. The minimum Gasteiger partial charge on any atom is -0.486 e. The fourth-order valence-electron chi connectivity index (χ4n) is 6.08. The molecule has 1 amide bonds. The Kier molecular flexibility index (Phi) is 3.99. The molecule has 5 aliphatic rings. The smallest absolute Gasteiger partial charge is 0.287 e. The third-order valence-corrected chi connectivity index (χ3v) is 7.14. The molecule has 1 aromatic carbocycles. The first-order chi connectivity index (χ1) is 14.2. The van der Waals surface area contributed by atoms with E-state index in [1.807, 2.05) is 12.1 Å². The molecule has 1 N–H and O–H groups in total. The zero-order valence-electron chi connectivity index (χ0n) is 16.3. The second-order valence-corrected chi connectivity index (χ2v) is 9.00. The first kappa shape index (κ1) is 17.2. The maximum absolute atomic E-state index is 12.8. The van der Waals surface area contributed by atoms with Crippen molar-refractivity contribution in [2.75, 3.05) is 6.79 Å². The first-order valence-corrected chi connectivity index (χ1v) is 10.6. The standard InChI is InChI=1S/C23H25NO5/c25-23(24-22-15-6-13-5-14(8-15)9-16(22)7-13)20-4-2-18(29-20)11-26-17-1-3-19-21(10-17)28-12-27-19/h1-4,10,13-16,22H,5-9,11-12H2,(H,24,25). The zero-order chi connectivity index (χ0) is 19.4. The molecule has 152 valence electrons. The Hall–Kier alpha value is -2.63. The van der Waals surface area contributed by atoms with Crippen LogP contribution in [0.15, 0.2) is 34.7 Å². The number of nitrogens with one attached hydrogen (secondary N) is 1. The lowest BCUT2D eigenvalue weighted by Gasteiger charge is -2.54. The van der Waals surface area contributed by atoms with Crippen molar-refractivity contribution in [3.8, 4) is 17.2 Å². The predicted molar refractivity (Wildman–Crippen MR) is 104 cm³/mol. The van der Waals surface area contributed by atoms with E-state index in [0.717, 1.165) is 17.6 Å². The molecule has 4 aliphatic carbocycles. The zero-order valence-corrected chi connectivity index (χ0v) is 16.3. The van der Waals surface area contributed by atoms with Crippen LogP contribution in [-0.2, 0) is 6.61 Å². The van der Waals surface area contributed by atoms with Crippen molar-refractivity contribution < 1.29 is 23.4 Å². The summed E-state index contributed by atoms with van der Waals surface area (Å²) in [4.78, 5) is 12.8. The van der Waals surface area contributed by atoms with E-state index >= 15 is 0 Å². The van der Waals surface area contributed by atoms with Gasteiger partial charge in [0.15, 0.2) is 17.3 Å². The number of hydrogen-bond donors (Lipinski definition) is 1. The molecule has 1 aliphatic heterocycles. The minimum absolute atomic E-state index is 0.100. The Morgan fingerprint density at radius 2 is 1.72 bits per heavy atom. The molecule has 4 fully saturated rings. The van der Waals surface area contributed by atoms with E-state index < -0.39 is 0 Å². The third-order valence-electron chi connectivity index (χ3n) is 7.14. The lowest BCUT2D eigenvalue weighted by molar-refractivity contribution is -0.0123. The average Bonchev–Trinajstić information content (AvgIpc) is 3.37. The van der Waals surface area contributed by atoms with Crippen LogP contribution in [0.3, 0.4) is 0 Å². The van der Waals surface area contributed by atoms with Crippen LogP contribution in [0.1, 0.15) is 48.4 Å². The molecule has 2 aromatic rings. The van der Waals surface area contributed by atoms with Crippen molar-refractivity contribution in [2.45, 2.75) is 44.8 Å². The van der Waals surface area contributed by atoms with E-state index in [1.54, 1.807) is 18.2 Å². The SMILES string of the molecule is O=C(NC1C2CC3CC(C2)CC1C3)c1ccc(COc2ccc3c(c2)OCO3)o1. The van der Waals surface area contributed by atoms with Crippen molar-refractivity contribution in [3.05, 3.63) is 41.9 Å². The molecule has 6 heteroatoms. The van der Waals surface area contributed by atoms with Gasteiger partial charge in [-0.1, -0.05) is 0 Å². The van der Waals surface area contributed by atoms with Gasteiger partial charge in [-0.05, 0) is 80.0 Å². The molecule has 4 saturated carbocycles. The van der Waals surface area contributed by atoms with Crippen molar-refractivity contribution in [1.29, 1.82) is 0 Å². The van der Waals surface area contributed by atoms with Crippen LogP contribution >= 0.6 is 0 Å². The quantitative estimate of drug-likeness (QED) is 0.824. The van der Waals surface area contributed by atoms with Gasteiger partial charge in [0.05, 0.1) is 0 Å².